The predicted molar refractivity (Wildman–Crippen MR) is 56.9 cm³/mol. The van der Waals surface area contributed by atoms with Gasteiger partial charge in [-0.25, -0.2) is 0 Å². The van der Waals surface area contributed by atoms with Gasteiger partial charge in [-0.15, -0.1) is 5.10 Å². The minimum atomic E-state index is 0.583. The molecule has 1 aromatic carbocycles. The molecule has 13 heavy (non-hydrogen) atoms. The molecule has 0 saturated heterocycles. The van der Waals surface area contributed by atoms with Crippen molar-refractivity contribution in [2.24, 2.45) is 0 Å². The molecule has 2 nitrogen and oxygen atoms in total. The van der Waals surface area contributed by atoms with E-state index in [0.717, 1.165) is 21.3 Å². The highest BCUT2D eigenvalue weighted by molar-refractivity contribution is 7.13. The largest absolute Gasteiger partial charge is 0.138 e. The van der Waals surface area contributed by atoms with Gasteiger partial charge >= 0.3 is 0 Å². The maximum absolute atomic E-state index is 6.04. The molecule has 0 fully saturated rings. The summed E-state index contributed by atoms with van der Waals surface area (Å²) in [5, 5.41) is 5.20. The van der Waals surface area contributed by atoms with Gasteiger partial charge in [-0.3, -0.25) is 0 Å². The topological polar surface area (TPSA) is 25.8 Å². The summed E-state index contributed by atoms with van der Waals surface area (Å²) < 4.78 is 4.90. The molecule has 2 aromatic rings. The zero-order chi connectivity index (χ0) is 9.59. The Bertz CT molecular complexity index is 436. The zero-order valence-electron chi connectivity index (χ0n) is 7.06. The number of fused-ring (bicyclic) bond motifs is 1. The van der Waals surface area contributed by atoms with Crippen molar-refractivity contribution in [2.75, 3.05) is 0 Å². The minimum absolute atomic E-state index is 0.583. The summed E-state index contributed by atoms with van der Waals surface area (Å²) in [5.41, 5.74) is 2.72. The van der Waals surface area contributed by atoms with Crippen molar-refractivity contribution in [3.8, 4) is 0 Å². The van der Waals surface area contributed by atoms with Crippen molar-refractivity contribution in [1.29, 1.82) is 0 Å². The molecule has 0 aliphatic carbocycles. The Labute approximate surface area is 89.6 Å². The number of benzene rings is 1. The molecular weight excluding hydrogens is 227 g/mol. The standard InChI is InChI=1S/C8H6Cl2N2S/c1-3-5(9)6(10)4(2)8-7(3)11-12-13-8/h1-2H3. The Morgan fingerprint density at radius 3 is 2.38 bits per heavy atom. The van der Waals surface area contributed by atoms with Crippen molar-refractivity contribution in [3.05, 3.63) is 21.2 Å². The third kappa shape index (κ3) is 1.23. The van der Waals surface area contributed by atoms with E-state index in [1.54, 1.807) is 0 Å². The van der Waals surface area contributed by atoms with Crippen LogP contribution in [0.15, 0.2) is 0 Å². The van der Waals surface area contributed by atoms with Gasteiger partial charge in [0.1, 0.15) is 5.52 Å². The van der Waals surface area contributed by atoms with Crippen LogP contribution in [0.3, 0.4) is 0 Å². The molecule has 0 bridgehead atoms. The number of aryl methyl sites for hydroxylation is 2. The lowest BCUT2D eigenvalue weighted by Crippen LogP contribution is -1.85. The van der Waals surface area contributed by atoms with E-state index in [-0.39, 0.29) is 0 Å². The molecule has 0 unspecified atom stereocenters. The molecule has 0 amide bonds. The monoisotopic (exact) mass is 232 g/mol. The van der Waals surface area contributed by atoms with Gasteiger partial charge in [-0.1, -0.05) is 27.7 Å². The SMILES string of the molecule is Cc1c(Cl)c(Cl)c(C)c2snnc12. The molecule has 0 spiro atoms. The Hall–Kier alpha value is -0.380. The van der Waals surface area contributed by atoms with Crippen LogP contribution in [0.1, 0.15) is 11.1 Å². The molecule has 0 N–H and O–H groups in total. The number of halogens is 2. The zero-order valence-corrected chi connectivity index (χ0v) is 9.39. The van der Waals surface area contributed by atoms with Gasteiger partial charge in [-0.2, -0.15) is 0 Å². The maximum Gasteiger partial charge on any atom is 0.110 e. The Morgan fingerprint density at radius 2 is 1.69 bits per heavy atom. The highest BCUT2D eigenvalue weighted by Gasteiger charge is 2.14. The van der Waals surface area contributed by atoms with E-state index in [2.05, 4.69) is 9.59 Å². The molecule has 0 aliphatic heterocycles. The van der Waals surface area contributed by atoms with Crippen LogP contribution in [0.5, 0.6) is 0 Å². The smallest absolute Gasteiger partial charge is 0.110 e. The fourth-order valence-corrected chi connectivity index (χ4v) is 2.46. The van der Waals surface area contributed by atoms with Gasteiger partial charge in [-0.05, 0) is 36.5 Å². The average Bonchev–Trinajstić information content (AvgIpc) is 2.59. The molecule has 2 rings (SSSR count). The summed E-state index contributed by atoms with van der Waals surface area (Å²) >= 11 is 13.4. The summed E-state index contributed by atoms with van der Waals surface area (Å²) in [6.45, 7) is 3.83. The third-order valence-electron chi connectivity index (χ3n) is 2.03. The van der Waals surface area contributed by atoms with Gasteiger partial charge in [0.05, 0.1) is 14.7 Å². The van der Waals surface area contributed by atoms with Crippen LogP contribution >= 0.6 is 34.7 Å². The first kappa shape index (κ1) is 9.19. The number of hydrogen-bond acceptors (Lipinski definition) is 3. The number of rotatable bonds is 0. The maximum atomic E-state index is 6.04. The molecule has 0 radical (unpaired) electrons. The minimum Gasteiger partial charge on any atom is -0.138 e. The lowest BCUT2D eigenvalue weighted by Gasteiger charge is -2.04. The van der Waals surface area contributed by atoms with Crippen molar-refractivity contribution >= 4 is 45.0 Å². The van der Waals surface area contributed by atoms with E-state index < -0.39 is 0 Å². The molecular formula is C8H6Cl2N2S. The van der Waals surface area contributed by atoms with Crippen LogP contribution in [0.25, 0.3) is 10.2 Å². The fourth-order valence-electron chi connectivity index (χ4n) is 1.21. The van der Waals surface area contributed by atoms with Gasteiger partial charge < -0.3 is 0 Å². The van der Waals surface area contributed by atoms with Crippen LogP contribution in [-0.2, 0) is 0 Å². The van der Waals surface area contributed by atoms with E-state index >= 15 is 0 Å². The first-order valence-electron chi connectivity index (χ1n) is 3.69. The van der Waals surface area contributed by atoms with Gasteiger partial charge in [0.15, 0.2) is 0 Å². The Kier molecular flexibility index (Phi) is 2.18. The van der Waals surface area contributed by atoms with E-state index in [4.69, 9.17) is 23.2 Å². The van der Waals surface area contributed by atoms with Crippen molar-refractivity contribution in [3.63, 3.8) is 0 Å². The summed E-state index contributed by atoms with van der Waals surface area (Å²) in [7, 11) is 0. The lowest BCUT2D eigenvalue weighted by molar-refractivity contribution is 1.19. The molecule has 5 heteroatoms. The van der Waals surface area contributed by atoms with E-state index in [1.165, 1.54) is 11.5 Å². The number of hydrogen-bond donors (Lipinski definition) is 0. The van der Waals surface area contributed by atoms with Crippen LogP contribution in [0, 0.1) is 13.8 Å². The lowest BCUT2D eigenvalue weighted by atomic mass is 10.1. The Balaban J connectivity index is 3.02. The van der Waals surface area contributed by atoms with Gasteiger partial charge in [0, 0.05) is 0 Å². The molecule has 0 atom stereocenters. The predicted octanol–water partition coefficient (Wildman–Crippen LogP) is 3.61. The highest BCUT2D eigenvalue weighted by atomic mass is 35.5. The summed E-state index contributed by atoms with van der Waals surface area (Å²) in [6.07, 6.45) is 0. The molecule has 1 heterocycles. The normalized spacial score (nSPS) is 11.1. The summed E-state index contributed by atoms with van der Waals surface area (Å²) in [4.78, 5) is 0. The van der Waals surface area contributed by atoms with Crippen molar-refractivity contribution < 1.29 is 0 Å². The first-order valence-corrected chi connectivity index (χ1v) is 5.22. The number of aromatic nitrogens is 2. The van der Waals surface area contributed by atoms with E-state index in [1.807, 2.05) is 13.8 Å². The Morgan fingerprint density at radius 1 is 1.08 bits per heavy atom. The fraction of sp³-hybridized carbons (Fsp3) is 0.250. The first-order chi connectivity index (χ1) is 6.13. The quantitative estimate of drug-likeness (QED) is 0.694. The second-order valence-corrected chi connectivity index (χ2v) is 4.34. The second-order valence-electron chi connectivity index (χ2n) is 2.83. The van der Waals surface area contributed by atoms with Crippen molar-refractivity contribution in [1.82, 2.24) is 9.59 Å². The van der Waals surface area contributed by atoms with E-state index in [9.17, 15) is 0 Å². The summed E-state index contributed by atoms with van der Waals surface area (Å²) in [5.74, 6) is 0. The average molecular weight is 233 g/mol. The summed E-state index contributed by atoms with van der Waals surface area (Å²) in [6, 6.07) is 0. The molecule has 68 valence electrons. The second kappa shape index (κ2) is 3.08. The molecule has 0 aliphatic rings. The molecule has 0 saturated carbocycles. The molecule has 1 aromatic heterocycles. The van der Waals surface area contributed by atoms with Crippen LogP contribution in [0.4, 0.5) is 0 Å². The van der Waals surface area contributed by atoms with Crippen LogP contribution in [-0.4, -0.2) is 9.59 Å². The van der Waals surface area contributed by atoms with Crippen LogP contribution in [0.2, 0.25) is 10.0 Å². The van der Waals surface area contributed by atoms with Crippen LogP contribution < -0.4 is 0 Å². The third-order valence-corrected chi connectivity index (χ3v) is 3.92. The van der Waals surface area contributed by atoms with Crippen molar-refractivity contribution in [2.45, 2.75) is 13.8 Å². The van der Waals surface area contributed by atoms with E-state index in [0.29, 0.717) is 10.0 Å². The van der Waals surface area contributed by atoms with Gasteiger partial charge in [0.25, 0.3) is 0 Å². The van der Waals surface area contributed by atoms with Gasteiger partial charge in [0.2, 0.25) is 0 Å². The highest BCUT2D eigenvalue weighted by Crippen LogP contribution is 2.36. The number of nitrogens with zero attached hydrogens (tertiary/aromatic N) is 2.